The number of hydrogen-bond acceptors (Lipinski definition) is 7. The zero-order valence-electron chi connectivity index (χ0n) is 23.2. The minimum absolute atomic E-state index is 0.00965. The largest absolute Gasteiger partial charge is 0.508 e. The first-order valence-electron chi connectivity index (χ1n) is 13.3. The number of rotatable bonds is 14. The number of benzene rings is 2. The van der Waals surface area contributed by atoms with E-state index in [9.17, 15) is 34.2 Å². The van der Waals surface area contributed by atoms with Crippen molar-refractivity contribution < 1.29 is 39.3 Å². The molecule has 0 radical (unpaired) electrons. The Morgan fingerprint density at radius 1 is 0.810 bits per heavy atom. The molecule has 4 unspecified atom stereocenters. The van der Waals surface area contributed by atoms with Gasteiger partial charge in [-0.15, -0.1) is 0 Å². The van der Waals surface area contributed by atoms with Crippen LogP contribution < -0.4 is 21.7 Å². The number of aromatic nitrogens is 1. The van der Waals surface area contributed by atoms with Crippen LogP contribution in [0.2, 0.25) is 0 Å². The summed E-state index contributed by atoms with van der Waals surface area (Å²) < 4.78 is 0. The number of carboxylic acids is 2. The number of carbonyl (C=O) groups is 5. The summed E-state index contributed by atoms with van der Waals surface area (Å²) in [5, 5.41) is 36.4. The Kier molecular flexibility index (Phi) is 10.6. The highest BCUT2D eigenvalue weighted by Crippen LogP contribution is 2.20. The van der Waals surface area contributed by atoms with Gasteiger partial charge in [0, 0.05) is 29.9 Å². The SMILES string of the molecule is CC(C)C(N)C(=O)NC(Cc1ccc(O)cc1)C(=O)NC(Cc1c[nH]c2ccccc12)C(=O)NC(CC(=O)O)C(=O)O. The second kappa shape index (κ2) is 14.1. The molecule has 3 rings (SSSR count). The quantitative estimate of drug-likeness (QED) is 0.134. The predicted octanol–water partition coefficient (Wildman–Crippen LogP) is 0.656. The van der Waals surface area contributed by atoms with Crippen molar-refractivity contribution in [1.29, 1.82) is 0 Å². The number of aliphatic carboxylic acids is 2. The van der Waals surface area contributed by atoms with Crippen LogP contribution >= 0.6 is 0 Å². The van der Waals surface area contributed by atoms with E-state index in [4.69, 9.17) is 10.8 Å². The van der Waals surface area contributed by atoms with Gasteiger partial charge in [-0.1, -0.05) is 44.2 Å². The molecule has 1 aromatic heterocycles. The highest BCUT2D eigenvalue weighted by molar-refractivity contribution is 5.95. The Balaban J connectivity index is 1.92. The van der Waals surface area contributed by atoms with Crippen LogP contribution in [0.4, 0.5) is 0 Å². The van der Waals surface area contributed by atoms with Crippen LogP contribution in [0.1, 0.15) is 31.4 Å². The van der Waals surface area contributed by atoms with Crippen molar-refractivity contribution in [3.8, 4) is 5.75 Å². The number of phenols is 1. The molecule has 13 nitrogen and oxygen atoms in total. The van der Waals surface area contributed by atoms with Crippen LogP contribution in [-0.4, -0.2) is 74.1 Å². The molecule has 0 aliphatic rings. The number of hydrogen-bond donors (Lipinski definition) is 8. The van der Waals surface area contributed by atoms with E-state index in [-0.39, 0.29) is 24.5 Å². The van der Waals surface area contributed by atoms with E-state index >= 15 is 0 Å². The molecule has 3 amide bonds. The van der Waals surface area contributed by atoms with E-state index in [1.54, 1.807) is 38.2 Å². The fraction of sp³-hybridized carbons (Fsp3) is 0.345. The van der Waals surface area contributed by atoms with Crippen molar-refractivity contribution in [2.75, 3.05) is 0 Å². The lowest BCUT2D eigenvalue weighted by Gasteiger charge is -2.26. The zero-order valence-corrected chi connectivity index (χ0v) is 23.2. The maximum Gasteiger partial charge on any atom is 0.326 e. The summed E-state index contributed by atoms with van der Waals surface area (Å²) in [4.78, 5) is 65.7. The number of fused-ring (bicyclic) bond motifs is 1. The zero-order chi connectivity index (χ0) is 31.0. The van der Waals surface area contributed by atoms with Gasteiger partial charge in [-0.2, -0.15) is 0 Å². The van der Waals surface area contributed by atoms with Crippen molar-refractivity contribution in [2.24, 2.45) is 11.7 Å². The van der Waals surface area contributed by atoms with Gasteiger partial charge in [-0.05, 0) is 35.2 Å². The summed E-state index contributed by atoms with van der Waals surface area (Å²) >= 11 is 0. The van der Waals surface area contributed by atoms with Gasteiger partial charge in [-0.25, -0.2) is 4.79 Å². The van der Waals surface area contributed by atoms with Crippen molar-refractivity contribution in [1.82, 2.24) is 20.9 Å². The van der Waals surface area contributed by atoms with E-state index < -0.39 is 60.2 Å². The third kappa shape index (κ3) is 8.54. The fourth-order valence-corrected chi connectivity index (χ4v) is 4.30. The van der Waals surface area contributed by atoms with Gasteiger partial charge < -0.3 is 42.0 Å². The third-order valence-electron chi connectivity index (χ3n) is 6.76. The molecule has 3 aromatic rings. The minimum Gasteiger partial charge on any atom is -0.508 e. The van der Waals surface area contributed by atoms with Gasteiger partial charge in [-0.3, -0.25) is 19.2 Å². The number of amides is 3. The topological polar surface area (TPSA) is 224 Å². The maximum absolute atomic E-state index is 13.6. The molecular weight excluding hydrogens is 546 g/mol. The van der Waals surface area contributed by atoms with Gasteiger partial charge in [0.15, 0.2) is 0 Å². The number of carbonyl (C=O) groups excluding carboxylic acids is 3. The summed E-state index contributed by atoms with van der Waals surface area (Å²) in [6, 6.07) is 8.04. The molecular formula is C29H35N5O8. The van der Waals surface area contributed by atoms with Gasteiger partial charge in [0.2, 0.25) is 17.7 Å². The number of para-hydroxylation sites is 1. The Morgan fingerprint density at radius 2 is 1.38 bits per heavy atom. The second-order valence-corrected chi connectivity index (χ2v) is 10.3. The number of nitrogens with one attached hydrogen (secondary N) is 4. The van der Waals surface area contributed by atoms with Crippen LogP contribution in [0.5, 0.6) is 5.75 Å². The standard InChI is InChI=1S/C29H35N5O8/c1-15(2)25(30)28(40)33-21(11-16-7-9-18(35)10-8-16)26(38)32-22(27(39)34-23(29(41)42)13-24(36)37)12-17-14-31-20-6-4-3-5-19(17)20/h3-10,14-15,21-23,25,31,35H,11-13,30H2,1-2H3,(H,32,38)(H,33,40)(H,34,39)(H,36,37)(H,41,42). The minimum atomic E-state index is -1.74. The first-order valence-corrected chi connectivity index (χ1v) is 13.3. The molecule has 13 heteroatoms. The smallest absolute Gasteiger partial charge is 0.326 e. The first kappa shape index (κ1) is 31.6. The molecule has 0 aliphatic carbocycles. The highest BCUT2D eigenvalue weighted by Gasteiger charge is 2.32. The lowest BCUT2D eigenvalue weighted by atomic mass is 10.00. The molecule has 4 atom stereocenters. The van der Waals surface area contributed by atoms with Gasteiger partial charge in [0.1, 0.15) is 23.9 Å². The molecule has 0 aliphatic heterocycles. The monoisotopic (exact) mass is 581 g/mol. The van der Waals surface area contributed by atoms with Crippen molar-refractivity contribution in [2.45, 2.75) is 57.3 Å². The Hall–Kier alpha value is -4.91. The summed E-state index contributed by atoms with van der Waals surface area (Å²) in [6.07, 6.45) is 0.690. The summed E-state index contributed by atoms with van der Waals surface area (Å²) in [5.74, 6) is -5.47. The van der Waals surface area contributed by atoms with Crippen LogP contribution in [0.15, 0.2) is 54.7 Å². The number of aromatic hydroxyl groups is 1. The lowest BCUT2D eigenvalue weighted by molar-refractivity contribution is -0.147. The highest BCUT2D eigenvalue weighted by atomic mass is 16.4. The first-order chi connectivity index (χ1) is 19.8. The molecule has 42 heavy (non-hydrogen) atoms. The van der Waals surface area contributed by atoms with Crippen molar-refractivity contribution >= 4 is 40.6 Å². The number of carboxylic acid groups (broad SMARTS) is 2. The average Bonchev–Trinajstić information content (AvgIpc) is 3.34. The number of nitrogens with two attached hydrogens (primary N) is 1. The molecule has 0 fully saturated rings. The summed E-state index contributed by atoms with van der Waals surface area (Å²) in [5.41, 5.74) is 7.99. The van der Waals surface area contributed by atoms with Crippen LogP contribution in [-0.2, 0) is 36.8 Å². The Morgan fingerprint density at radius 3 is 1.98 bits per heavy atom. The number of aromatic amines is 1. The summed E-state index contributed by atoms with van der Waals surface area (Å²) in [6.45, 7) is 3.49. The average molecular weight is 582 g/mol. The van der Waals surface area contributed by atoms with E-state index in [0.29, 0.717) is 11.1 Å². The predicted molar refractivity (Wildman–Crippen MR) is 152 cm³/mol. The van der Waals surface area contributed by atoms with Crippen molar-refractivity contribution in [3.05, 3.63) is 65.9 Å². The fourth-order valence-electron chi connectivity index (χ4n) is 4.30. The van der Waals surface area contributed by atoms with E-state index in [1.807, 2.05) is 18.2 Å². The Bertz CT molecular complexity index is 1440. The third-order valence-corrected chi connectivity index (χ3v) is 6.76. The lowest BCUT2D eigenvalue weighted by Crippen LogP contribution is -2.58. The Labute approximate surface area is 241 Å². The van der Waals surface area contributed by atoms with Crippen LogP contribution in [0.25, 0.3) is 10.9 Å². The van der Waals surface area contributed by atoms with Crippen LogP contribution in [0.3, 0.4) is 0 Å². The number of H-pyrrole nitrogens is 1. The van der Waals surface area contributed by atoms with Crippen molar-refractivity contribution in [3.63, 3.8) is 0 Å². The molecule has 0 saturated heterocycles. The van der Waals surface area contributed by atoms with Crippen LogP contribution in [0, 0.1) is 5.92 Å². The molecule has 0 spiro atoms. The molecule has 0 saturated carbocycles. The molecule has 2 aromatic carbocycles. The van der Waals surface area contributed by atoms with Gasteiger partial charge >= 0.3 is 11.9 Å². The second-order valence-electron chi connectivity index (χ2n) is 10.3. The molecule has 224 valence electrons. The molecule has 0 bridgehead atoms. The normalized spacial score (nSPS) is 14.0. The van der Waals surface area contributed by atoms with Gasteiger partial charge in [0.25, 0.3) is 0 Å². The van der Waals surface area contributed by atoms with E-state index in [1.165, 1.54) is 12.1 Å². The van der Waals surface area contributed by atoms with Gasteiger partial charge in [0.05, 0.1) is 12.5 Å². The maximum atomic E-state index is 13.6. The molecule has 9 N–H and O–H groups in total. The number of phenolic OH excluding ortho intramolecular Hbond substituents is 1. The van der Waals surface area contributed by atoms with E-state index in [0.717, 1.165) is 10.9 Å². The summed E-state index contributed by atoms with van der Waals surface area (Å²) in [7, 11) is 0. The van der Waals surface area contributed by atoms with E-state index in [2.05, 4.69) is 20.9 Å². The molecule has 1 heterocycles.